The Morgan fingerprint density at radius 2 is 1.52 bits per heavy atom. The standard InChI is InChI=1S/C63H72Cl2N12O10/c1-5-6-25-76-58-59(72(4)63(82)77(61(58)81)41-55-67-42(2)46-13-7-8-14-50(46)69-55)70-62(76)73-24-11-12-44(40-73)68-56(78)22-29-83-31-33-85-35-36-86-34-32-84-30-28-71(3)57(79)20-17-43-37-49(65)54(38-48(43)64)87-53-21-23-66-39-47(53)60(80)75-27-26-74(45-18-19-45)51-15-9-10-16-52(51)75/h7-10,13-16,21,23,37-39,44-45H,11-12,17-20,22,24-36,40-41H2,1-4H3,(H,68,78). The fraction of sp³-hybridized carbons (Fsp3) is 0.444. The van der Waals surface area contributed by atoms with E-state index in [2.05, 4.69) is 43.1 Å². The summed E-state index contributed by atoms with van der Waals surface area (Å²) >= 11 is 13.5. The molecule has 87 heavy (non-hydrogen) atoms. The lowest BCUT2D eigenvalue weighted by Gasteiger charge is -2.38. The van der Waals surface area contributed by atoms with Crippen LogP contribution in [0.1, 0.15) is 72.9 Å². The van der Waals surface area contributed by atoms with Crippen LogP contribution in [0.3, 0.4) is 0 Å². The van der Waals surface area contributed by atoms with Crippen molar-refractivity contribution in [2.45, 2.75) is 84.0 Å². The number of ether oxygens (including phenoxy) is 5. The number of fused-ring (bicyclic) bond motifs is 3. The molecule has 1 unspecified atom stereocenters. The average Bonchev–Trinajstić information content (AvgIpc) is 2.21. The molecule has 1 saturated carbocycles. The molecule has 7 aromatic rings. The highest BCUT2D eigenvalue weighted by Gasteiger charge is 2.36. The van der Waals surface area contributed by atoms with E-state index < -0.39 is 11.2 Å². The van der Waals surface area contributed by atoms with Crippen molar-refractivity contribution < 1.29 is 38.1 Å². The predicted octanol–water partition coefficient (Wildman–Crippen LogP) is 6.98. The molecular formula is C63H72Cl2N12O10. The van der Waals surface area contributed by atoms with E-state index >= 15 is 0 Å². The van der Waals surface area contributed by atoms with Gasteiger partial charge in [-0.25, -0.2) is 14.8 Å². The number of carbonyl (C=O) groups excluding carboxylic acids is 3. The number of para-hydroxylation sites is 3. The lowest BCUT2D eigenvalue weighted by atomic mass is 10.1. The zero-order chi connectivity index (χ0) is 61.0. The van der Waals surface area contributed by atoms with Gasteiger partial charge in [-0.3, -0.25) is 37.9 Å². The summed E-state index contributed by atoms with van der Waals surface area (Å²) in [5.74, 6) is 6.96. The fourth-order valence-corrected chi connectivity index (χ4v) is 11.4. The molecule has 458 valence electrons. The number of carbonyl (C=O) groups is 3. The highest BCUT2D eigenvalue weighted by Crippen LogP contribution is 2.42. The van der Waals surface area contributed by atoms with Gasteiger partial charge in [-0.1, -0.05) is 59.5 Å². The maximum Gasteiger partial charge on any atom is 0.332 e. The maximum absolute atomic E-state index is 14.2. The van der Waals surface area contributed by atoms with E-state index in [1.807, 2.05) is 54.3 Å². The summed E-state index contributed by atoms with van der Waals surface area (Å²) in [6, 6.07) is 20.8. The number of hydrogen-bond donors (Lipinski definition) is 1. The Labute approximate surface area is 514 Å². The molecule has 4 aromatic heterocycles. The molecule has 3 aromatic carbocycles. The number of rotatable bonds is 27. The fourth-order valence-electron chi connectivity index (χ4n) is 10.9. The molecular weight excluding hydrogens is 1160 g/mol. The van der Waals surface area contributed by atoms with Gasteiger partial charge in [0.05, 0.1) is 87.9 Å². The number of benzene rings is 3. The summed E-state index contributed by atoms with van der Waals surface area (Å²) in [4.78, 5) is 94.3. The van der Waals surface area contributed by atoms with Crippen LogP contribution in [0.4, 0.5) is 17.3 Å². The molecule has 6 heterocycles. The molecule has 22 nitrogen and oxygen atoms in total. The first-order chi connectivity index (χ1) is 42.3. The van der Waals surface area contributed by atoms with Gasteiger partial charge in [0.1, 0.15) is 22.9 Å². The van der Waals surface area contributed by atoms with E-state index in [0.717, 1.165) is 64.8 Å². The van der Waals surface area contributed by atoms with Crippen molar-refractivity contribution >= 4 is 80.3 Å². The van der Waals surface area contributed by atoms with Gasteiger partial charge in [-0.2, -0.15) is 4.98 Å². The first-order valence-electron chi connectivity index (χ1n) is 29.5. The predicted molar refractivity (Wildman–Crippen MR) is 333 cm³/mol. The second kappa shape index (κ2) is 29.2. The number of hydrogen-bond acceptors (Lipinski definition) is 16. The minimum absolute atomic E-state index is 0.0833. The first kappa shape index (κ1) is 62.2. The van der Waals surface area contributed by atoms with Crippen LogP contribution >= 0.6 is 23.2 Å². The van der Waals surface area contributed by atoms with Crippen LogP contribution in [0.15, 0.2) is 88.7 Å². The topological polar surface area (TPSA) is 223 Å². The number of halogens is 2. The van der Waals surface area contributed by atoms with E-state index in [9.17, 15) is 24.0 Å². The molecule has 0 bridgehead atoms. The number of nitrogens with one attached hydrogen (secondary N) is 1. The van der Waals surface area contributed by atoms with Crippen molar-refractivity contribution in [2.75, 3.05) is 107 Å². The molecule has 0 spiro atoms. The molecule has 1 aliphatic carbocycles. The lowest BCUT2D eigenvalue weighted by molar-refractivity contribution is -0.130. The van der Waals surface area contributed by atoms with Crippen molar-refractivity contribution in [3.63, 3.8) is 0 Å². The van der Waals surface area contributed by atoms with Crippen LogP contribution < -0.4 is 36.0 Å². The van der Waals surface area contributed by atoms with Gasteiger partial charge in [-0.15, -0.1) is 5.92 Å². The largest absolute Gasteiger partial charge is 0.455 e. The first-order valence-corrected chi connectivity index (χ1v) is 30.2. The quantitative estimate of drug-likeness (QED) is 0.0405. The minimum atomic E-state index is -0.535. The second-order valence-corrected chi connectivity index (χ2v) is 22.5. The van der Waals surface area contributed by atoms with Crippen LogP contribution in [0.25, 0.3) is 22.1 Å². The van der Waals surface area contributed by atoms with Crippen molar-refractivity contribution in [2.24, 2.45) is 7.05 Å². The molecule has 2 fully saturated rings. The summed E-state index contributed by atoms with van der Waals surface area (Å²) in [7, 11) is 3.32. The van der Waals surface area contributed by atoms with E-state index in [4.69, 9.17) is 51.9 Å². The number of pyridine rings is 1. The molecule has 24 heteroatoms. The summed E-state index contributed by atoms with van der Waals surface area (Å²) in [5.41, 5.74) is 3.82. The molecule has 1 N–H and O–H groups in total. The molecule has 3 aliphatic rings. The molecule has 0 radical (unpaired) electrons. The Bertz CT molecular complexity index is 3820. The number of aromatic nitrogens is 7. The third-order valence-corrected chi connectivity index (χ3v) is 16.3. The monoisotopic (exact) mass is 1230 g/mol. The molecule has 1 atom stereocenters. The third kappa shape index (κ3) is 15.1. The summed E-state index contributed by atoms with van der Waals surface area (Å²) in [6.07, 6.45) is 7.63. The van der Waals surface area contributed by atoms with Gasteiger partial charge in [0.2, 0.25) is 17.8 Å². The minimum Gasteiger partial charge on any atom is -0.455 e. The van der Waals surface area contributed by atoms with Gasteiger partial charge in [0.25, 0.3) is 11.5 Å². The molecule has 10 rings (SSSR count). The summed E-state index contributed by atoms with van der Waals surface area (Å²) in [6.45, 7) is 9.03. The van der Waals surface area contributed by atoms with Crippen LogP contribution in [0.5, 0.6) is 11.5 Å². The van der Waals surface area contributed by atoms with Gasteiger partial charge in [0.15, 0.2) is 11.2 Å². The summed E-state index contributed by atoms with van der Waals surface area (Å²) in [5, 5.41) is 4.70. The smallest absolute Gasteiger partial charge is 0.332 e. The summed E-state index contributed by atoms with van der Waals surface area (Å²) < 4.78 is 33.2. The lowest BCUT2D eigenvalue weighted by Crippen LogP contribution is -2.48. The highest BCUT2D eigenvalue weighted by atomic mass is 35.5. The number of nitrogens with zero attached hydrogens (tertiary/aromatic N) is 11. The maximum atomic E-state index is 14.2. The van der Waals surface area contributed by atoms with Crippen molar-refractivity contribution in [1.82, 2.24) is 43.9 Å². The van der Waals surface area contributed by atoms with Crippen LogP contribution in [-0.2, 0) is 55.1 Å². The normalized spacial score (nSPS) is 14.9. The Hall–Kier alpha value is -7.91. The Balaban J connectivity index is 0.581. The Morgan fingerprint density at radius 1 is 0.793 bits per heavy atom. The number of imidazole rings is 1. The van der Waals surface area contributed by atoms with Crippen molar-refractivity contribution in [3.8, 4) is 23.3 Å². The molecule has 3 amide bonds. The van der Waals surface area contributed by atoms with E-state index in [1.165, 1.54) is 10.8 Å². The van der Waals surface area contributed by atoms with Crippen LogP contribution in [-0.4, -0.2) is 161 Å². The zero-order valence-corrected chi connectivity index (χ0v) is 51.0. The second-order valence-electron chi connectivity index (χ2n) is 21.7. The number of likely N-dealkylation sites (N-methyl/N-ethyl adjacent to an activating group) is 1. The average molecular weight is 1230 g/mol. The van der Waals surface area contributed by atoms with Crippen molar-refractivity contribution in [3.05, 3.63) is 133 Å². The SMILES string of the molecule is CC#CCn1c(N2CCCC(NC(=O)CCOCCOCCOCCOCCN(C)C(=O)CCc3cc(Cl)c(Oc4ccncc4C(=O)N4CCN(C5CC5)c5ccccc54)cc3Cl)C2)nc2c1c(=O)n(Cc1nc(C)c3ccccc3n1)c(=O)n2C. The van der Waals surface area contributed by atoms with Gasteiger partial charge in [0, 0.05) is 106 Å². The van der Waals surface area contributed by atoms with E-state index in [1.54, 1.807) is 59.8 Å². The van der Waals surface area contributed by atoms with E-state index in [-0.39, 0.29) is 78.2 Å². The number of amides is 3. The highest BCUT2D eigenvalue weighted by molar-refractivity contribution is 6.34. The number of anilines is 3. The molecule has 2 aliphatic heterocycles. The van der Waals surface area contributed by atoms with Gasteiger partial charge >= 0.3 is 5.69 Å². The number of aryl methyl sites for hydroxylation is 3. The number of piperidine rings is 1. The third-order valence-electron chi connectivity index (χ3n) is 15.6. The van der Waals surface area contributed by atoms with Gasteiger partial charge in [-0.05, 0) is 81.8 Å². The van der Waals surface area contributed by atoms with Gasteiger partial charge < -0.3 is 48.6 Å². The van der Waals surface area contributed by atoms with Crippen molar-refractivity contribution in [1.29, 1.82) is 0 Å². The van der Waals surface area contributed by atoms with Crippen LogP contribution in [0.2, 0.25) is 10.0 Å². The van der Waals surface area contributed by atoms with Crippen LogP contribution in [0, 0.1) is 18.8 Å². The zero-order valence-electron chi connectivity index (χ0n) is 49.5. The van der Waals surface area contributed by atoms with E-state index in [0.29, 0.717) is 119 Å². The Kier molecular flexibility index (Phi) is 20.9. The molecule has 1 saturated heterocycles. The Morgan fingerprint density at radius 3 is 2.28 bits per heavy atom.